The number of nitrogens with one attached hydrogen (secondary N) is 1. The van der Waals surface area contributed by atoms with E-state index in [9.17, 15) is 18.4 Å². The molecule has 1 aromatic heterocycles. The summed E-state index contributed by atoms with van der Waals surface area (Å²) in [6.07, 6.45) is 1.87. The van der Waals surface area contributed by atoms with Gasteiger partial charge < -0.3 is 5.32 Å². The maximum Gasteiger partial charge on any atom is 0.258 e. The molecule has 0 fully saturated rings. The van der Waals surface area contributed by atoms with E-state index in [2.05, 4.69) is 10.3 Å². The molecule has 0 radical (unpaired) electrons. The van der Waals surface area contributed by atoms with Crippen LogP contribution in [0.1, 0.15) is 29.4 Å². The van der Waals surface area contributed by atoms with E-state index in [-0.39, 0.29) is 23.7 Å². The molecule has 2 aromatic carbocycles. The number of nitrogens with zero attached hydrogens (tertiary/aromatic N) is 2. The molecular weight excluding hydrogens is 376 g/mol. The van der Waals surface area contributed by atoms with Crippen LogP contribution < -0.4 is 10.2 Å². The highest BCUT2D eigenvalue weighted by molar-refractivity contribution is 6.07. The Morgan fingerprint density at radius 2 is 1.86 bits per heavy atom. The minimum atomic E-state index is -0.857. The van der Waals surface area contributed by atoms with Gasteiger partial charge in [0.05, 0.1) is 17.9 Å². The fraction of sp³-hybridized carbons (Fsp3) is 0.136. The SMILES string of the molecule is CCC(=O)Nc1cccc(C(=O)N(Cc2ccccn2)c2ccc(F)cc2F)c1. The van der Waals surface area contributed by atoms with Crippen LogP contribution in [0, 0.1) is 11.6 Å². The number of pyridine rings is 1. The lowest BCUT2D eigenvalue weighted by Crippen LogP contribution is -2.31. The minimum Gasteiger partial charge on any atom is -0.326 e. The molecule has 3 aromatic rings. The molecular formula is C22H19F2N3O2. The summed E-state index contributed by atoms with van der Waals surface area (Å²) in [6, 6.07) is 14.6. The Balaban J connectivity index is 1.98. The smallest absolute Gasteiger partial charge is 0.258 e. The maximum atomic E-state index is 14.5. The monoisotopic (exact) mass is 395 g/mol. The fourth-order valence-electron chi connectivity index (χ4n) is 2.76. The summed E-state index contributed by atoms with van der Waals surface area (Å²) in [6.45, 7) is 1.71. The third-order valence-corrected chi connectivity index (χ3v) is 4.21. The van der Waals surface area contributed by atoms with Gasteiger partial charge in [-0.1, -0.05) is 19.1 Å². The zero-order chi connectivity index (χ0) is 20.8. The second kappa shape index (κ2) is 9.05. The van der Waals surface area contributed by atoms with Crippen molar-refractivity contribution in [1.29, 1.82) is 0 Å². The molecule has 0 bridgehead atoms. The number of carbonyl (C=O) groups is 2. The summed E-state index contributed by atoms with van der Waals surface area (Å²) in [5.41, 5.74) is 1.18. The van der Waals surface area contributed by atoms with Gasteiger partial charge in [0.2, 0.25) is 5.91 Å². The predicted octanol–water partition coefficient (Wildman–Crippen LogP) is 4.56. The third-order valence-electron chi connectivity index (χ3n) is 4.21. The van der Waals surface area contributed by atoms with Crippen LogP contribution in [0.15, 0.2) is 66.9 Å². The normalized spacial score (nSPS) is 10.4. The lowest BCUT2D eigenvalue weighted by molar-refractivity contribution is -0.115. The van der Waals surface area contributed by atoms with Crippen LogP contribution in [0.3, 0.4) is 0 Å². The Labute approximate surface area is 167 Å². The van der Waals surface area contributed by atoms with Gasteiger partial charge in [-0.2, -0.15) is 0 Å². The van der Waals surface area contributed by atoms with E-state index in [0.717, 1.165) is 12.1 Å². The van der Waals surface area contributed by atoms with Crippen LogP contribution in [-0.4, -0.2) is 16.8 Å². The zero-order valence-electron chi connectivity index (χ0n) is 15.7. The van der Waals surface area contributed by atoms with E-state index in [1.165, 1.54) is 17.0 Å². The lowest BCUT2D eigenvalue weighted by Gasteiger charge is -2.23. The Bertz CT molecular complexity index is 1030. The van der Waals surface area contributed by atoms with Crippen molar-refractivity contribution in [3.63, 3.8) is 0 Å². The number of benzene rings is 2. The average Bonchev–Trinajstić information content (AvgIpc) is 2.73. The standard InChI is InChI=1S/C22H19F2N3O2/c1-2-21(28)26-17-8-5-6-15(12-17)22(29)27(14-18-7-3-4-11-25-18)20-10-9-16(23)13-19(20)24/h3-13H,2,14H2,1H3,(H,26,28). The Kier molecular flexibility index (Phi) is 6.29. The molecule has 1 N–H and O–H groups in total. The van der Waals surface area contributed by atoms with E-state index in [0.29, 0.717) is 17.8 Å². The van der Waals surface area contributed by atoms with Crippen LogP contribution >= 0.6 is 0 Å². The quantitative estimate of drug-likeness (QED) is 0.666. The first-order valence-corrected chi connectivity index (χ1v) is 9.04. The summed E-state index contributed by atoms with van der Waals surface area (Å²) in [4.78, 5) is 30.2. The molecule has 0 aliphatic heterocycles. The van der Waals surface area contributed by atoms with Gasteiger partial charge in [0.15, 0.2) is 0 Å². The molecule has 0 saturated heterocycles. The molecule has 2 amide bonds. The van der Waals surface area contributed by atoms with Crippen LogP contribution in [0.5, 0.6) is 0 Å². The number of rotatable bonds is 6. The number of carbonyl (C=O) groups excluding carboxylic acids is 2. The lowest BCUT2D eigenvalue weighted by atomic mass is 10.1. The number of anilines is 2. The van der Waals surface area contributed by atoms with Crippen LogP contribution in [0.25, 0.3) is 0 Å². The molecule has 0 aliphatic carbocycles. The molecule has 29 heavy (non-hydrogen) atoms. The van der Waals surface area contributed by atoms with Gasteiger partial charge in [-0.25, -0.2) is 8.78 Å². The van der Waals surface area contributed by atoms with Crippen LogP contribution in [-0.2, 0) is 11.3 Å². The topological polar surface area (TPSA) is 62.3 Å². The molecule has 0 spiro atoms. The van der Waals surface area contributed by atoms with Crippen LogP contribution in [0.4, 0.5) is 20.2 Å². The average molecular weight is 395 g/mol. The minimum absolute atomic E-state index is 0.00618. The second-order valence-corrected chi connectivity index (χ2v) is 6.29. The van der Waals surface area contributed by atoms with Crippen molar-refractivity contribution in [1.82, 2.24) is 4.98 Å². The van der Waals surface area contributed by atoms with Gasteiger partial charge in [0, 0.05) is 29.9 Å². The highest BCUT2D eigenvalue weighted by Gasteiger charge is 2.22. The number of halogens is 2. The third kappa shape index (κ3) is 5.01. The summed E-state index contributed by atoms with van der Waals surface area (Å²) >= 11 is 0. The molecule has 1 heterocycles. The summed E-state index contributed by atoms with van der Waals surface area (Å²) in [5, 5.41) is 2.69. The van der Waals surface area contributed by atoms with Crippen molar-refractivity contribution in [2.75, 3.05) is 10.2 Å². The molecule has 5 nitrogen and oxygen atoms in total. The fourth-order valence-corrected chi connectivity index (χ4v) is 2.76. The zero-order valence-corrected chi connectivity index (χ0v) is 15.7. The van der Waals surface area contributed by atoms with Gasteiger partial charge >= 0.3 is 0 Å². The predicted molar refractivity (Wildman–Crippen MR) is 106 cm³/mol. The first kappa shape index (κ1) is 20.1. The second-order valence-electron chi connectivity index (χ2n) is 6.29. The largest absolute Gasteiger partial charge is 0.326 e. The van der Waals surface area contributed by atoms with Crippen molar-refractivity contribution in [3.05, 3.63) is 89.8 Å². The Morgan fingerprint density at radius 3 is 2.55 bits per heavy atom. The molecule has 3 rings (SSSR count). The van der Waals surface area contributed by atoms with Gasteiger partial charge in [0.25, 0.3) is 5.91 Å². The highest BCUT2D eigenvalue weighted by Crippen LogP contribution is 2.25. The van der Waals surface area contributed by atoms with Crippen molar-refractivity contribution < 1.29 is 18.4 Å². The molecule has 0 aliphatic rings. The van der Waals surface area contributed by atoms with Crippen molar-refractivity contribution in [2.24, 2.45) is 0 Å². The molecule has 148 valence electrons. The van der Waals surface area contributed by atoms with E-state index in [4.69, 9.17) is 0 Å². The number of hydrogen-bond acceptors (Lipinski definition) is 3. The Hall–Kier alpha value is -3.61. The number of amides is 2. The van der Waals surface area contributed by atoms with E-state index < -0.39 is 17.5 Å². The number of aromatic nitrogens is 1. The van der Waals surface area contributed by atoms with Crippen molar-refractivity contribution in [2.45, 2.75) is 19.9 Å². The number of hydrogen-bond donors (Lipinski definition) is 1. The van der Waals surface area contributed by atoms with Crippen molar-refractivity contribution in [3.8, 4) is 0 Å². The summed E-state index contributed by atoms with van der Waals surface area (Å²) < 4.78 is 27.8. The first-order valence-electron chi connectivity index (χ1n) is 9.04. The molecule has 0 unspecified atom stereocenters. The Morgan fingerprint density at radius 1 is 1.03 bits per heavy atom. The molecule has 0 atom stereocenters. The summed E-state index contributed by atoms with van der Waals surface area (Å²) in [7, 11) is 0. The van der Waals surface area contributed by atoms with E-state index in [1.54, 1.807) is 49.5 Å². The van der Waals surface area contributed by atoms with Gasteiger partial charge in [0.1, 0.15) is 11.6 Å². The maximum absolute atomic E-state index is 14.5. The van der Waals surface area contributed by atoms with Crippen LogP contribution in [0.2, 0.25) is 0 Å². The summed E-state index contributed by atoms with van der Waals surface area (Å²) in [5.74, 6) is -2.29. The van der Waals surface area contributed by atoms with Gasteiger partial charge in [-0.3, -0.25) is 19.5 Å². The van der Waals surface area contributed by atoms with Gasteiger partial charge in [-0.05, 0) is 42.5 Å². The van der Waals surface area contributed by atoms with E-state index >= 15 is 0 Å². The van der Waals surface area contributed by atoms with Crippen molar-refractivity contribution >= 4 is 23.2 Å². The highest BCUT2D eigenvalue weighted by atomic mass is 19.1. The van der Waals surface area contributed by atoms with Gasteiger partial charge in [-0.15, -0.1) is 0 Å². The first-order chi connectivity index (χ1) is 14.0. The van der Waals surface area contributed by atoms with E-state index in [1.807, 2.05) is 0 Å². The molecule has 0 saturated carbocycles. The molecule has 7 heteroatoms.